The van der Waals surface area contributed by atoms with E-state index in [0.29, 0.717) is 16.4 Å². The average molecular weight is 317 g/mol. The summed E-state index contributed by atoms with van der Waals surface area (Å²) >= 11 is 7.58. The van der Waals surface area contributed by atoms with Crippen LogP contribution in [0.2, 0.25) is 5.02 Å². The first-order chi connectivity index (χ1) is 10.1. The van der Waals surface area contributed by atoms with Crippen LogP contribution < -0.4 is 5.56 Å². The number of fused-ring (bicyclic) bond motifs is 1. The van der Waals surface area contributed by atoms with Gasteiger partial charge in [0.25, 0.3) is 5.56 Å². The number of nitrogens with zero attached hydrogens (tertiary/aromatic N) is 2. The van der Waals surface area contributed by atoms with Gasteiger partial charge in [0.05, 0.1) is 5.69 Å². The number of hydrogen-bond donors (Lipinski definition) is 0. The highest BCUT2D eigenvalue weighted by Gasteiger charge is 2.05. The highest BCUT2D eigenvalue weighted by Crippen LogP contribution is 2.24. The van der Waals surface area contributed by atoms with E-state index in [4.69, 9.17) is 11.6 Å². The Morgan fingerprint density at radius 3 is 2.81 bits per heavy atom. The van der Waals surface area contributed by atoms with Gasteiger partial charge in [-0.05, 0) is 37.3 Å². The van der Waals surface area contributed by atoms with Crippen molar-refractivity contribution in [2.75, 3.05) is 0 Å². The van der Waals surface area contributed by atoms with Crippen LogP contribution in [0.4, 0.5) is 0 Å². The topological polar surface area (TPSA) is 34.4 Å². The van der Waals surface area contributed by atoms with E-state index in [9.17, 15) is 4.79 Å². The molecule has 0 aliphatic rings. The molecule has 106 valence electrons. The summed E-state index contributed by atoms with van der Waals surface area (Å²) in [5, 5.41) is 0.710. The van der Waals surface area contributed by atoms with E-state index >= 15 is 0 Å². The second-order valence-electron chi connectivity index (χ2n) is 4.69. The highest BCUT2D eigenvalue weighted by atomic mass is 35.5. The molecule has 0 radical (unpaired) electrons. The first-order valence-electron chi connectivity index (χ1n) is 6.50. The predicted molar refractivity (Wildman–Crippen MR) is 87.2 cm³/mol. The molecule has 0 aliphatic heterocycles. The van der Waals surface area contributed by atoms with Crippen molar-refractivity contribution in [3.05, 3.63) is 75.3 Å². The van der Waals surface area contributed by atoms with Crippen LogP contribution in [0.3, 0.4) is 0 Å². The molecular formula is C16H13ClN2OS. The fourth-order valence-electron chi connectivity index (χ4n) is 2.15. The van der Waals surface area contributed by atoms with Crippen LogP contribution in [0.25, 0.3) is 5.65 Å². The van der Waals surface area contributed by atoms with Crippen LogP contribution in [0.5, 0.6) is 0 Å². The maximum atomic E-state index is 12.2. The Kier molecular flexibility index (Phi) is 3.99. The molecule has 0 fully saturated rings. The van der Waals surface area contributed by atoms with Gasteiger partial charge in [-0.3, -0.25) is 9.20 Å². The number of pyridine rings is 1. The third-order valence-electron chi connectivity index (χ3n) is 3.12. The number of rotatable bonds is 3. The van der Waals surface area contributed by atoms with Crippen molar-refractivity contribution in [3.8, 4) is 0 Å². The number of hydrogen-bond acceptors (Lipinski definition) is 3. The second-order valence-corrected chi connectivity index (χ2v) is 6.18. The van der Waals surface area contributed by atoms with E-state index in [1.54, 1.807) is 22.2 Å². The second kappa shape index (κ2) is 5.92. The summed E-state index contributed by atoms with van der Waals surface area (Å²) in [6, 6.07) is 14.9. The quantitative estimate of drug-likeness (QED) is 0.686. The SMILES string of the molecule is Cc1cccc2nc(CSc3cccc(Cl)c3)cc(=O)n12. The summed E-state index contributed by atoms with van der Waals surface area (Å²) in [7, 11) is 0. The van der Waals surface area contributed by atoms with Gasteiger partial charge < -0.3 is 0 Å². The Morgan fingerprint density at radius 2 is 2.00 bits per heavy atom. The summed E-state index contributed by atoms with van der Waals surface area (Å²) in [5.74, 6) is 0.639. The first-order valence-corrected chi connectivity index (χ1v) is 7.86. The maximum Gasteiger partial charge on any atom is 0.258 e. The van der Waals surface area contributed by atoms with Gasteiger partial charge in [-0.15, -0.1) is 11.8 Å². The molecule has 0 saturated carbocycles. The lowest BCUT2D eigenvalue weighted by Gasteiger charge is -2.06. The molecule has 0 spiro atoms. The monoisotopic (exact) mass is 316 g/mol. The summed E-state index contributed by atoms with van der Waals surface area (Å²) in [5.41, 5.74) is 2.30. The smallest absolute Gasteiger partial charge is 0.258 e. The summed E-state index contributed by atoms with van der Waals surface area (Å²) in [6.45, 7) is 1.90. The molecule has 0 N–H and O–H groups in total. The number of aromatic nitrogens is 2. The van der Waals surface area contributed by atoms with Crippen LogP contribution in [-0.4, -0.2) is 9.38 Å². The van der Waals surface area contributed by atoms with Crippen molar-refractivity contribution in [1.29, 1.82) is 0 Å². The maximum absolute atomic E-state index is 12.2. The molecule has 3 nitrogen and oxygen atoms in total. The number of halogens is 1. The minimum Gasteiger partial charge on any atom is -0.269 e. The molecule has 2 heterocycles. The molecule has 0 aliphatic carbocycles. The highest BCUT2D eigenvalue weighted by molar-refractivity contribution is 7.98. The summed E-state index contributed by atoms with van der Waals surface area (Å²) in [4.78, 5) is 17.8. The zero-order chi connectivity index (χ0) is 14.8. The molecule has 0 bridgehead atoms. The molecule has 2 aromatic heterocycles. The van der Waals surface area contributed by atoms with E-state index in [-0.39, 0.29) is 5.56 Å². The third kappa shape index (κ3) is 3.12. The standard InChI is InChI=1S/C16H13ClN2OS/c1-11-4-2-7-15-18-13(9-16(20)19(11)15)10-21-14-6-3-5-12(17)8-14/h2-9H,10H2,1H3. The molecule has 0 amide bonds. The molecule has 21 heavy (non-hydrogen) atoms. The van der Waals surface area contributed by atoms with Gasteiger partial charge >= 0.3 is 0 Å². The Balaban J connectivity index is 1.90. The van der Waals surface area contributed by atoms with E-state index in [2.05, 4.69) is 4.98 Å². The van der Waals surface area contributed by atoms with Crippen molar-refractivity contribution >= 4 is 29.0 Å². The van der Waals surface area contributed by atoms with Crippen molar-refractivity contribution in [2.45, 2.75) is 17.6 Å². The Bertz CT molecular complexity index is 860. The van der Waals surface area contributed by atoms with Crippen molar-refractivity contribution in [3.63, 3.8) is 0 Å². The van der Waals surface area contributed by atoms with Gasteiger partial charge in [-0.1, -0.05) is 23.7 Å². The van der Waals surface area contributed by atoms with Gasteiger partial charge in [0.1, 0.15) is 5.65 Å². The average Bonchev–Trinajstić information content (AvgIpc) is 2.45. The van der Waals surface area contributed by atoms with Gasteiger partial charge in [0.2, 0.25) is 0 Å². The molecule has 5 heteroatoms. The number of aryl methyl sites for hydroxylation is 1. The Morgan fingerprint density at radius 1 is 1.19 bits per heavy atom. The van der Waals surface area contributed by atoms with E-state index in [0.717, 1.165) is 16.3 Å². The van der Waals surface area contributed by atoms with Crippen LogP contribution in [0, 0.1) is 6.92 Å². The molecular weight excluding hydrogens is 304 g/mol. The fourth-order valence-corrected chi connectivity index (χ4v) is 3.25. The van der Waals surface area contributed by atoms with Gasteiger partial charge in [0.15, 0.2) is 0 Å². The minimum atomic E-state index is -0.0419. The Hall–Kier alpha value is -1.78. The lowest BCUT2D eigenvalue weighted by molar-refractivity contribution is 0.968. The zero-order valence-electron chi connectivity index (χ0n) is 11.4. The zero-order valence-corrected chi connectivity index (χ0v) is 13.0. The minimum absolute atomic E-state index is 0.0419. The molecule has 0 unspecified atom stereocenters. The van der Waals surface area contributed by atoms with E-state index in [1.165, 1.54) is 0 Å². The largest absolute Gasteiger partial charge is 0.269 e. The molecule has 1 aromatic carbocycles. The van der Waals surface area contributed by atoms with Crippen molar-refractivity contribution in [1.82, 2.24) is 9.38 Å². The van der Waals surface area contributed by atoms with Gasteiger partial charge in [-0.2, -0.15) is 0 Å². The number of benzene rings is 1. The van der Waals surface area contributed by atoms with Crippen molar-refractivity contribution in [2.24, 2.45) is 0 Å². The molecule has 3 aromatic rings. The van der Waals surface area contributed by atoms with Crippen LogP contribution in [-0.2, 0) is 5.75 Å². The van der Waals surface area contributed by atoms with Gasteiger partial charge in [-0.25, -0.2) is 4.98 Å². The number of thioether (sulfide) groups is 1. The van der Waals surface area contributed by atoms with Crippen LogP contribution in [0.1, 0.15) is 11.4 Å². The summed E-state index contributed by atoms with van der Waals surface area (Å²) in [6.07, 6.45) is 0. The van der Waals surface area contributed by atoms with Crippen molar-refractivity contribution < 1.29 is 0 Å². The first kappa shape index (κ1) is 14.2. The van der Waals surface area contributed by atoms with Gasteiger partial charge in [0, 0.05) is 27.4 Å². The lowest BCUT2D eigenvalue weighted by Crippen LogP contribution is -2.17. The van der Waals surface area contributed by atoms with E-state index < -0.39 is 0 Å². The third-order valence-corrected chi connectivity index (χ3v) is 4.38. The normalized spacial score (nSPS) is 11.0. The van der Waals surface area contributed by atoms with Crippen LogP contribution >= 0.6 is 23.4 Å². The lowest BCUT2D eigenvalue weighted by atomic mass is 10.3. The van der Waals surface area contributed by atoms with Crippen LogP contribution in [0.15, 0.2) is 58.2 Å². The molecule has 0 atom stereocenters. The summed E-state index contributed by atoms with van der Waals surface area (Å²) < 4.78 is 1.62. The fraction of sp³-hybridized carbons (Fsp3) is 0.125. The molecule has 0 saturated heterocycles. The molecule has 3 rings (SSSR count). The Labute approximate surface area is 131 Å². The van der Waals surface area contributed by atoms with E-state index in [1.807, 2.05) is 49.4 Å². The predicted octanol–water partition coefficient (Wildman–Crippen LogP) is 3.95.